The Morgan fingerprint density at radius 3 is 2.88 bits per heavy atom. The Kier molecular flexibility index (Phi) is 3.58. The lowest BCUT2D eigenvalue weighted by Crippen LogP contribution is -2.01. The first kappa shape index (κ1) is 11.9. The fourth-order valence-corrected chi connectivity index (χ4v) is 1.79. The topological polar surface area (TPSA) is 64.1 Å². The average molecular weight is 235 g/mol. The van der Waals surface area contributed by atoms with Crippen molar-refractivity contribution in [3.8, 4) is 0 Å². The van der Waals surface area contributed by atoms with Gasteiger partial charge in [0.2, 0.25) is 0 Å². The monoisotopic (exact) mass is 235 g/mol. The molecule has 0 aromatic carbocycles. The van der Waals surface area contributed by atoms with Crippen LogP contribution in [-0.2, 0) is 13.0 Å². The number of aliphatic hydroxyl groups is 1. The van der Waals surface area contributed by atoms with E-state index >= 15 is 0 Å². The third-order valence-corrected chi connectivity index (χ3v) is 2.81. The molecule has 0 aliphatic carbocycles. The first-order valence-corrected chi connectivity index (χ1v) is 5.74. The number of aliphatic hydroxyl groups excluding tert-OH is 1. The molecule has 92 valence electrons. The molecule has 0 saturated heterocycles. The molecule has 0 aliphatic rings. The van der Waals surface area contributed by atoms with E-state index in [4.69, 9.17) is 9.63 Å². The van der Waals surface area contributed by atoms with Crippen molar-refractivity contribution < 1.29 is 9.63 Å². The maximum atomic E-state index is 8.77. The number of nitrogens with zero attached hydrogens (tertiary/aromatic N) is 3. The van der Waals surface area contributed by atoms with Crippen molar-refractivity contribution in [3.63, 3.8) is 0 Å². The molecule has 2 aromatic heterocycles. The lowest BCUT2D eigenvalue weighted by atomic mass is 10.2. The van der Waals surface area contributed by atoms with Crippen LogP contribution in [-0.4, -0.2) is 26.7 Å². The molecule has 0 atom stereocenters. The Bertz CT molecular complexity index is 468. The van der Waals surface area contributed by atoms with Crippen LogP contribution in [0.25, 0.3) is 0 Å². The molecule has 0 radical (unpaired) electrons. The van der Waals surface area contributed by atoms with Crippen molar-refractivity contribution in [1.29, 1.82) is 0 Å². The van der Waals surface area contributed by atoms with Crippen molar-refractivity contribution in [2.75, 3.05) is 6.61 Å². The summed E-state index contributed by atoms with van der Waals surface area (Å²) < 4.78 is 6.99. The minimum Gasteiger partial charge on any atom is -0.396 e. The van der Waals surface area contributed by atoms with Crippen LogP contribution in [0.5, 0.6) is 0 Å². The average Bonchev–Trinajstić information content (AvgIpc) is 2.88. The summed E-state index contributed by atoms with van der Waals surface area (Å²) >= 11 is 0. The van der Waals surface area contributed by atoms with E-state index in [2.05, 4.69) is 10.3 Å². The van der Waals surface area contributed by atoms with Gasteiger partial charge < -0.3 is 9.63 Å². The second-order valence-electron chi connectivity index (χ2n) is 4.18. The van der Waals surface area contributed by atoms with E-state index in [-0.39, 0.29) is 6.61 Å². The Balaban J connectivity index is 2.06. The first-order valence-electron chi connectivity index (χ1n) is 5.74. The minimum atomic E-state index is 0.217. The summed E-state index contributed by atoms with van der Waals surface area (Å²) in [5.41, 5.74) is 3.14. The molecule has 0 aliphatic heterocycles. The Morgan fingerprint density at radius 2 is 2.24 bits per heavy atom. The van der Waals surface area contributed by atoms with Crippen molar-refractivity contribution in [2.24, 2.45) is 0 Å². The highest BCUT2D eigenvalue weighted by atomic mass is 16.5. The second-order valence-corrected chi connectivity index (χ2v) is 4.18. The molecular formula is C12H17N3O2. The van der Waals surface area contributed by atoms with E-state index in [9.17, 15) is 0 Å². The highest BCUT2D eigenvalue weighted by Crippen LogP contribution is 2.14. The predicted octanol–water partition coefficient (Wildman–Crippen LogP) is 1.46. The van der Waals surface area contributed by atoms with E-state index in [1.165, 1.54) is 0 Å². The Hall–Kier alpha value is -1.62. The number of rotatable bonds is 5. The second kappa shape index (κ2) is 5.14. The summed E-state index contributed by atoms with van der Waals surface area (Å²) in [5.74, 6) is 0.843. The zero-order chi connectivity index (χ0) is 12.3. The molecule has 0 fully saturated rings. The van der Waals surface area contributed by atoms with E-state index in [1.54, 1.807) is 0 Å². The predicted molar refractivity (Wildman–Crippen MR) is 62.7 cm³/mol. The molecule has 5 heteroatoms. The van der Waals surface area contributed by atoms with Gasteiger partial charge in [0.05, 0.1) is 18.4 Å². The largest absolute Gasteiger partial charge is 0.396 e. The van der Waals surface area contributed by atoms with Crippen LogP contribution in [0.15, 0.2) is 16.9 Å². The standard InChI is InChI=1S/C12H17N3O2/c1-9-12(10(2)17-14-9)8-15-7-11(6-13-15)4-3-5-16/h6-7,16H,3-5,8H2,1-2H3. The van der Waals surface area contributed by atoms with E-state index < -0.39 is 0 Å². The maximum Gasteiger partial charge on any atom is 0.138 e. The molecule has 5 nitrogen and oxygen atoms in total. The van der Waals surface area contributed by atoms with Crippen LogP contribution in [0.4, 0.5) is 0 Å². The van der Waals surface area contributed by atoms with Gasteiger partial charge in [-0.1, -0.05) is 5.16 Å². The molecule has 2 aromatic rings. The van der Waals surface area contributed by atoms with Crippen LogP contribution < -0.4 is 0 Å². The summed E-state index contributed by atoms with van der Waals surface area (Å²) in [6.07, 6.45) is 5.48. The highest BCUT2D eigenvalue weighted by molar-refractivity contribution is 5.21. The van der Waals surface area contributed by atoms with Gasteiger partial charge in [0.1, 0.15) is 5.76 Å². The zero-order valence-corrected chi connectivity index (χ0v) is 10.2. The molecule has 2 rings (SSSR count). The van der Waals surface area contributed by atoms with Crippen LogP contribution in [0.2, 0.25) is 0 Å². The number of aromatic nitrogens is 3. The van der Waals surface area contributed by atoms with Crippen LogP contribution in [0, 0.1) is 13.8 Å². The normalized spacial score (nSPS) is 11.0. The number of aryl methyl sites for hydroxylation is 3. The van der Waals surface area contributed by atoms with Crippen molar-refractivity contribution in [1.82, 2.24) is 14.9 Å². The fourth-order valence-electron chi connectivity index (χ4n) is 1.79. The molecule has 17 heavy (non-hydrogen) atoms. The van der Waals surface area contributed by atoms with E-state index in [0.717, 1.165) is 35.4 Å². The summed E-state index contributed by atoms with van der Waals surface area (Å²) in [6, 6.07) is 0. The molecular weight excluding hydrogens is 218 g/mol. The van der Waals surface area contributed by atoms with Crippen molar-refractivity contribution in [3.05, 3.63) is 35.0 Å². The van der Waals surface area contributed by atoms with Crippen molar-refractivity contribution >= 4 is 0 Å². The molecule has 0 unspecified atom stereocenters. The third kappa shape index (κ3) is 2.74. The summed E-state index contributed by atoms with van der Waals surface area (Å²) in [6.45, 7) is 4.74. The molecule has 2 heterocycles. The lowest BCUT2D eigenvalue weighted by Gasteiger charge is -2.00. The molecule has 0 saturated carbocycles. The smallest absolute Gasteiger partial charge is 0.138 e. The van der Waals surface area contributed by atoms with Gasteiger partial charge in [0.25, 0.3) is 0 Å². The van der Waals surface area contributed by atoms with Gasteiger partial charge in [0.15, 0.2) is 0 Å². The van der Waals surface area contributed by atoms with E-state index in [1.807, 2.05) is 30.9 Å². The number of hydrogen-bond acceptors (Lipinski definition) is 4. The highest BCUT2D eigenvalue weighted by Gasteiger charge is 2.10. The SMILES string of the molecule is Cc1noc(C)c1Cn1cc(CCCO)cn1. The lowest BCUT2D eigenvalue weighted by molar-refractivity contribution is 0.288. The van der Waals surface area contributed by atoms with Crippen LogP contribution in [0.1, 0.15) is 29.0 Å². The summed E-state index contributed by atoms with van der Waals surface area (Å²) in [4.78, 5) is 0. The van der Waals surface area contributed by atoms with Gasteiger partial charge in [-0.05, 0) is 32.3 Å². The summed E-state index contributed by atoms with van der Waals surface area (Å²) in [7, 11) is 0. The van der Waals surface area contributed by atoms with Crippen LogP contribution in [0.3, 0.4) is 0 Å². The van der Waals surface area contributed by atoms with Gasteiger partial charge in [-0.15, -0.1) is 0 Å². The minimum absolute atomic E-state index is 0.217. The van der Waals surface area contributed by atoms with Gasteiger partial charge in [0, 0.05) is 18.4 Å². The third-order valence-electron chi connectivity index (χ3n) is 2.81. The Morgan fingerprint density at radius 1 is 1.41 bits per heavy atom. The molecule has 0 bridgehead atoms. The zero-order valence-electron chi connectivity index (χ0n) is 10.2. The molecule has 0 amide bonds. The maximum absolute atomic E-state index is 8.77. The fraction of sp³-hybridized carbons (Fsp3) is 0.500. The van der Waals surface area contributed by atoms with Gasteiger partial charge in [-0.2, -0.15) is 5.10 Å². The van der Waals surface area contributed by atoms with Gasteiger partial charge in [-0.3, -0.25) is 4.68 Å². The quantitative estimate of drug-likeness (QED) is 0.852. The molecule has 1 N–H and O–H groups in total. The Labute approximate surface area is 100 Å². The molecule has 0 spiro atoms. The van der Waals surface area contributed by atoms with Crippen LogP contribution >= 0.6 is 0 Å². The van der Waals surface area contributed by atoms with Gasteiger partial charge >= 0.3 is 0 Å². The van der Waals surface area contributed by atoms with Gasteiger partial charge in [-0.25, -0.2) is 0 Å². The van der Waals surface area contributed by atoms with Crippen molar-refractivity contribution in [2.45, 2.75) is 33.2 Å². The van der Waals surface area contributed by atoms with E-state index in [0.29, 0.717) is 6.54 Å². The number of hydrogen-bond donors (Lipinski definition) is 1. The first-order chi connectivity index (χ1) is 8.20. The summed E-state index contributed by atoms with van der Waals surface area (Å²) in [5, 5.41) is 17.0.